The van der Waals surface area contributed by atoms with E-state index in [0.29, 0.717) is 0 Å². The van der Waals surface area contributed by atoms with Crippen LogP contribution in [0, 0.1) is 0 Å². The van der Waals surface area contributed by atoms with Crippen molar-refractivity contribution >= 4 is 0 Å². The van der Waals surface area contributed by atoms with Crippen LogP contribution < -0.4 is 0 Å². The lowest BCUT2D eigenvalue weighted by atomic mass is 9.98. The second kappa shape index (κ2) is 7.63. The maximum Gasteiger partial charge on any atom is 0.186 e. The second-order valence-corrected chi connectivity index (χ2v) is 5.57. The summed E-state index contributed by atoms with van der Waals surface area (Å²) in [6, 6.07) is 0. The summed E-state index contributed by atoms with van der Waals surface area (Å²) >= 11 is 0. The fourth-order valence-corrected chi connectivity index (χ4v) is 2.46. The molecule has 11 heteroatoms. The van der Waals surface area contributed by atoms with Crippen molar-refractivity contribution in [2.45, 2.75) is 61.4 Å². The van der Waals surface area contributed by atoms with Crippen molar-refractivity contribution < 1.29 is 55.1 Å². The van der Waals surface area contributed by atoms with Crippen LogP contribution in [-0.2, 0) is 14.2 Å². The van der Waals surface area contributed by atoms with E-state index in [1.165, 1.54) is 0 Å². The molecule has 2 aliphatic rings. The summed E-state index contributed by atoms with van der Waals surface area (Å²) in [6.07, 6.45) is -15.3. The highest BCUT2D eigenvalue weighted by molar-refractivity contribution is 4.91. The van der Waals surface area contributed by atoms with Gasteiger partial charge in [0.2, 0.25) is 0 Å². The molecule has 0 saturated carbocycles. The number of aliphatic hydroxyl groups is 8. The molecule has 2 heterocycles. The summed E-state index contributed by atoms with van der Waals surface area (Å²) in [4.78, 5) is 0. The van der Waals surface area contributed by atoms with Gasteiger partial charge in [-0.3, -0.25) is 0 Å². The van der Waals surface area contributed by atoms with Gasteiger partial charge in [0.25, 0.3) is 0 Å². The Bertz CT molecular complexity index is 380. The maximum atomic E-state index is 9.78. The van der Waals surface area contributed by atoms with Gasteiger partial charge in [-0.2, -0.15) is 0 Å². The second-order valence-electron chi connectivity index (χ2n) is 5.57. The van der Waals surface area contributed by atoms with E-state index in [9.17, 15) is 35.7 Å². The van der Waals surface area contributed by atoms with Gasteiger partial charge in [-0.15, -0.1) is 0 Å². The van der Waals surface area contributed by atoms with E-state index >= 15 is 0 Å². The molecular formula is C12H22O11. The largest absolute Gasteiger partial charge is 0.394 e. The Labute approximate surface area is 130 Å². The first-order valence-electron chi connectivity index (χ1n) is 7.07. The molecule has 11 nitrogen and oxygen atoms in total. The predicted molar refractivity (Wildman–Crippen MR) is 68.6 cm³/mol. The van der Waals surface area contributed by atoms with Gasteiger partial charge in [-0.05, 0) is 0 Å². The molecule has 0 aromatic heterocycles. The Morgan fingerprint density at radius 2 is 1.22 bits per heavy atom. The average molecular weight is 342 g/mol. The van der Waals surface area contributed by atoms with Gasteiger partial charge in [0.05, 0.1) is 13.2 Å². The normalized spacial score (nSPS) is 51.7. The highest BCUT2D eigenvalue weighted by Crippen LogP contribution is 2.24. The number of hydrogen-bond acceptors (Lipinski definition) is 11. The summed E-state index contributed by atoms with van der Waals surface area (Å²) in [6.45, 7) is -1.10. The molecule has 136 valence electrons. The maximum absolute atomic E-state index is 9.78. The highest BCUT2D eigenvalue weighted by atomic mass is 16.7. The van der Waals surface area contributed by atoms with Crippen LogP contribution >= 0.6 is 0 Å². The first-order valence-corrected chi connectivity index (χ1v) is 7.07. The molecule has 2 saturated heterocycles. The van der Waals surface area contributed by atoms with E-state index in [4.69, 9.17) is 19.3 Å². The van der Waals surface area contributed by atoms with Gasteiger partial charge < -0.3 is 55.1 Å². The van der Waals surface area contributed by atoms with Crippen molar-refractivity contribution in [1.82, 2.24) is 0 Å². The number of ether oxygens (including phenoxy) is 3. The van der Waals surface area contributed by atoms with Gasteiger partial charge >= 0.3 is 0 Å². The van der Waals surface area contributed by atoms with Crippen molar-refractivity contribution in [2.75, 3.05) is 13.2 Å². The quantitative estimate of drug-likeness (QED) is 0.243. The zero-order valence-corrected chi connectivity index (χ0v) is 12.0. The molecule has 23 heavy (non-hydrogen) atoms. The van der Waals surface area contributed by atoms with Gasteiger partial charge in [-0.1, -0.05) is 0 Å². The zero-order valence-electron chi connectivity index (χ0n) is 12.0. The molecule has 0 aromatic rings. The monoisotopic (exact) mass is 342 g/mol. The topological polar surface area (TPSA) is 190 Å². The summed E-state index contributed by atoms with van der Waals surface area (Å²) in [5.41, 5.74) is 0. The molecule has 2 fully saturated rings. The summed E-state index contributed by atoms with van der Waals surface area (Å²) in [5.74, 6) is 0. The highest BCUT2D eigenvalue weighted by Gasteiger charge is 2.46. The molecule has 0 aromatic carbocycles. The molecule has 2 unspecified atom stereocenters. The summed E-state index contributed by atoms with van der Waals surface area (Å²) in [7, 11) is 0. The lowest BCUT2D eigenvalue weighted by Gasteiger charge is -2.41. The van der Waals surface area contributed by atoms with Gasteiger partial charge in [0.1, 0.15) is 48.8 Å². The van der Waals surface area contributed by atoms with Gasteiger partial charge in [-0.25, -0.2) is 0 Å². The Hall–Kier alpha value is -0.440. The minimum absolute atomic E-state index is 0.468. The van der Waals surface area contributed by atoms with Crippen LogP contribution in [0.2, 0.25) is 0 Å². The minimum atomic E-state index is -1.74. The Morgan fingerprint density at radius 1 is 0.652 bits per heavy atom. The van der Waals surface area contributed by atoms with Crippen LogP contribution in [0.4, 0.5) is 0 Å². The molecule has 0 amide bonds. The van der Waals surface area contributed by atoms with E-state index in [0.717, 1.165) is 0 Å². The molecule has 0 aliphatic carbocycles. The van der Waals surface area contributed by atoms with E-state index in [1.54, 1.807) is 0 Å². The van der Waals surface area contributed by atoms with Gasteiger partial charge in [0, 0.05) is 0 Å². The smallest absolute Gasteiger partial charge is 0.186 e. The number of rotatable bonds is 4. The predicted octanol–water partition coefficient (Wildman–Crippen LogP) is -5.40. The van der Waals surface area contributed by atoms with Gasteiger partial charge in [0.15, 0.2) is 12.6 Å². The van der Waals surface area contributed by atoms with Crippen molar-refractivity contribution in [3.05, 3.63) is 0 Å². The number of aliphatic hydroxyl groups excluding tert-OH is 8. The van der Waals surface area contributed by atoms with Crippen LogP contribution in [0.3, 0.4) is 0 Å². The van der Waals surface area contributed by atoms with Crippen LogP contribution in [0.1, 0.15) is 0 Å². The first-order chi connectivity index (χ1) is 10.8. The third-order valence-corrected chi connectivity index (χ3v) is 3.96. The van der Waals surface area contributed by atoms with E-state index in [-0.39, 0.29) is 0 Å². The van der Waals surface area contributed by atoms with Crippen LogP contribution in [-0.4, -0.2) is 115 Å². The minimum Gasteiger partial charge on any atom is -0.394 e. The SMILES string of the molecule is OC[C@H]1O[C@H](OC[C@H]2OC(O)[C@H](O)[C@@H](O)[C@@H]2O)[C@H](O)[C@@H](O)C1O. The average Bonchev–Trinajstić information content (AvgIpc) is 2.54. The summed E-state index contributed by atoms with van der Waals surface area (Å²) in [5, 5.41) is 76.1. The molecule has 0 radical (unpaired) electrons. The Morgan fingerprint density at radius 3 is 1.83 bits per heavy atom. The van der Waals surface area contributed by atoms with Crippen LogP contribution in [0.5, 0.6) is 0 Å². The number of hydrogen-bond donors (Lipinski definition) is 8. The molecule has 2 rings (SSSR count). The fraction of sp³-hybridized carbons (Fsp3) is 1.00. The summed E-state index contributed by atoms with van der Waals surface area (Å²) < 4.78 is 15.1. The lowest BCUT2D eigenvalue weighted by molar-refractivity contribution is -0.325. The third kappa shape index (κ3) is 3.81. The first kappa shape index (κ1) is 18.9. The third-order valence-electron chi connectivity index (χ3n) is 3.96. The standard InChI is InChI=1S/C12H22O11/c13-1-3-5(14)8(17)10(19)12(23-3)21-2-4-6(15)7(16)9(18)11(20)22-4/h3-20H,1-2H2/t3-,4-,5?,6-,7+,8+,9-,10-,11?,12+/m1/s1. The molecular weight excluding hydrogens is 320 g/mol. The molecule has 8 N–H and O–H groups in total. The van der Waals surface area contributed by atoms with Crippen molar-refractivity contribution in [3.63, 3.8) is 0 Å². The van der Waals surface area contributed by atoms with E-state index in [2.05, 4.69) is 0 Å². The molecule has 0 spiro atoms. The van der Waals surface area contributed by atoms with Crippen LogP contribution in [0.15, 0.2) is 0 Å². The zero-order chi connectivity index (χ0) is 17.3. The van der Waals surface area contributed by atoms with Crippen molar-refractivity contribution in [1.29, 1.82) is 0 Å². The molecule has 2 aliphatic heterocycles. The lowest BCUT2D eigenvalue weighted by Crippen LogP contribution is -2.61. The van der Waals surface area contributed by atoms with E-state index in [1.807, 2.05) is 0 Å². The van der Waals surface area contributed by atoms with Crippen molar-refractivity contribution in [3.8, 4) is 0 Å². The Balaban J connectivity index is 1.94. The molecule has 10 atom stereocenters. The Kier molecular flexibility index (Phi) is 6.27. The van der Waals surface area contributed by atoms with Crippen LogP contribution in [0.25, 0.3) is 0 Å². The van der Waals surface area contributed by atoms with Crippen molar-refractivity contribution in [2.24, 2.45) is 0 Å². The molecule has 0 bridgehead atoms. The van der Waals surface area contributed by atoms with E-state index < -0.39 is 74.6 Å². The fourth-order valence-electron chi connectivity index (χ4n) is 2.46.